The minimum Gasteiger partial charge on any atom is -0.479 e. The van der Waals surface area contributed by atoms with Crippen molar-refractivity contribution in [3.63, 3.8) is 0 Å². The fourth-order valence-electron chi connectivity index (χ4n) is 16.2. The van der Waals surface area contributed by atoms with Crippen LogP contribution in [0.4, 0.5) is 0 Å². The Balaban J connectivity index is 0.953. The van der Waals surface area contributed by atoms with Gasteiger partial charge >= 0.3 is 11.9 Å². The summed E-state index contributed by atoms with van der Waals surface area (Å²) in [7, 11) is 0. The first-order valence-corrected chi connectivity index (χ1v) is 27.1. The van der Waals surface area contributed by atoms with Gasteiger partial charge in [-0.25, -0.2) is 4.79 Å². The van der Waals surface area contributed by atoms with E-state index < -0.39 is 159 Å². The molecule has 0 radical (unpaired) electrons. The van der Waals surface area contributed by atoms with Crippen LogP contribution in [0.15, 0.2) is 11.6 Å². The highest BCUT2D eigenvalue weighted by Gasteiger charge is 2.70. The number of carboxylic acid groups (broad SMARTS) is 1. The maximum atomic E-state index is 15.2. The molecule has 0 bridgehead atoms. The quantitative estimate of drug-likeness (QED) is 0.0761. The van der Waals surface area contributed by atoms with Crippen molar-refractivity contribution >= 4 is 11.9 Å². The van der Waals surface area contributed by atoms with Crippen LogP contribution in [0.1, 0.15) is 120 Å². The average molecular weight is 1070 g/mol. The van der Waals surface area contributed by atoms with Crippen molar-refractivity contribution < 1.29 is 109 Å². The Labute approximate surface area is 437 Å². The third-order valence-electron chi connectivity index (χ3n) is 21.0. The number of aliphatic hydroxyl groups is 11. The molecule has 4 saturated carbocycles. The van der Waals surface area contributed by atoms with Crippen LogP contribution in [0.25, 0.3) is 0 Å². The summed E-state index contributed by atoms with van der Waals surface area (Å²) in [6.07, 6.45) is -22.5. The van der Waals surface area contributed by atoms with Crippen molar-refractivity contribution in [1.29, 1.82) is 0 Å². The molecule has 9 aliphatic rings. The van der Waals surface area contributed by atoms with Crippen molar-refractivity contribution in [2.75, 3.05) is 13.2 Å². The van der Waals surface area contributed by atoms with Gasteiger partial charge < -0.3 is 99.2 Å². The third-order valence-corrected chi connectivity index (χ3v) is 21.0. The van der Waals surface area contributed by atoms with Gasteiger partial charge in [-0.1, -0.05) is 60.1 Å². The highest BCUT2D eigenvalue weighted by atomic mass is 16.8. The number of carbonyl (C=O) groups excluding carboxylic acids is 1. The first-order chi connectivity index (χ1) is 35.0. The normalized spacial score (nSPS) is 53.5. The molecule has 22 nitrogen and oxygen atoms in total. The van der Waals surface area contributed by atoms with E-state index in [2.05, 4.69) is 54.5 Å². The Morgan fingerprint density at radius 1 is 0.640 bits per heavy atom. The second-order valence-electron chi connectivity index (χ2n) is 25.8. The lowest BCUT2D eigenvalue weighted by Gasteiger charge is -2.71. The van der Waals surface area contributed by atoms with Crippen LogP contribution in [-0.4, -0.2) is 209 Å². The SMILES string of the molecule is CC1OC(OC2C(O)C(OC3CCC4(C)C(CCC5(C)C4CC=C4C6CC(C)(C)CCC6(C(=O)OC6OC(CO)C(O)C(O)C6OC6OCC(O)C(O)C6O)CCC45C)C3(C)C)OC(C(=O)O)C2O)C(O)C(O)C1O. The zero-order valence-corrected chi connectivity index (χ0v) is 44.3. The fourth-order valence-corrected chi connectivity index (χ4v) is 16.2. The van der Waals surface area contributed by atoms with E-state index in [4.69, 9.17) is 37.9 Å². The predicted molar refractivity (Wildman–Crippen MR) is 256 cm³/mol. The Kier molecular flexibility index (Phi) is 15.8. The van der Waals surface area contributed by atoms with Gasteiger partial charge in [0.05, 0.1) is 30.8 Å². The molecule has 4 aliphatic heterocycles. The molecule has 75 heavy (non-hydrogen) atoms. The summed E-state index contributed by atoms with van der Waals surface area (Å²) in [6.45, 7) is 16.1. The van der Waals surface area contributed by atoms with Crippen molar-refractivity contribution in [1.82, 2.24) is 0 Å². The summed E-state index contributed by atoms with van der Waals surface area (Å²) in [5.41, 5.74) is -1.36. The first-order valence-electron chi connectivity index (χ1n) is 27.1. The second kappa shape index (κ2) is 20.5. The number of carboxylic acids is 1. The van der Waals surface area contributed by atoms with Gasteiger partial charge in [0, 0.05) is 0 Å². The molecule has 0 aromatic heterocycles. The van der Waals surface area contributed by atoms with Gasteiger partial charge in [-0.15, -0.1) is 0 Å². The Morgan fingerprint density at radius 3 is 1.97 bits per heavy atom. The summed E-state index contributed by atoms with van der Waals surface area (Å²) in [4.78, 5) is 27.7. The molecule has 9 rings (SSSR count). The largest absolute Gasteiger partial charge is 0.479 e. The molecule has 12 N–H and O–H groups in total. The highest BCUT2D eigenvalue weighted by Crippen LogP contribution is 2.76. The number of hydrogen-bond donors (Lipinski definition) is 12. The van der Waals surface area contributed by atoms with Crippen molar-refractivity contribution in [3.05, 3.63) is 11.6 Å². The summed E-state index contributed by atoms with van der Waals surface area (Å²) >= 11 is 0. The lowest BCUT2D eigenvalue weighted by atomic mass is 9.33. The van der Waals surface area contributed by atoms with Gasteiger partial charge in [0.15, 0.2) is 31.1 Å². The standard InChI is InChI=1S/C53H84O22/c1-22-30(56)33(59)36(62)44(69-22)72-39-37(63)40(42(65)66)73-45(38(39)64)71-29-12-13-50(6)27(49(29,4)5)11-14-52(8)28(50)10-9-23-24-19-48(2,3)15-17-53(24,18-16-51(23,52)7)47(67)75-46-41(34(60)32(58)26(20-54)70-46)74-43-35(61)31(57)25(55)21-68-43/h9,22,24-41,43-46,54-64H,10-21H2,1-8H3,(H,65,66). The number of fused-ring (bicyclic) bond motifs is 7. The summed E-state index contributed by atoms with van der Waals surface area (Å²) in [5.74, 6) is -2.10. The third kappa shape index (κ3) is 9.36. The molecule has 27 atom stereocenters. The number of ether oxygens (including phenoxy) is 8. The van der Waals surface area contributed by atoms with E-state index in [0.29, 0.717) is 38.5 Å². The molecule has 0 aromatic rings. The maximum absolute atomic E-state index is 15.2. The summed E-state index contributed by atoms with van der Waals surface area (Å²) in [5, 5.41) is 128. The number of aliphatic carboxylic acids is 1. The molecule has 0 aromatic carbocycles. The smallest absolute Gasteiger partial charge is 0.335 e. The monoisotopic (exact) mass is 1070 g/mol. The predicted octanol–water partition coefficient (Wildman–Crippen LogP) is -0.276. The zero-order valence-electron chi connectivity index (χ0n) is 44.3. The van der Waals surface area contributed by atoms with E-state index in [1.807, 2.05) is 0 Å². The molecular formula is C53H84O22. The Morgan fingerprint density at radius 2 is 1.29 bits per heavy atom. The maximum Gasteiger partial charge on any atom is 0.335 e. The number of rotatable bonds is 10. The van der Waals surface area contributed by atoms with E-state index in [1.54, 1.807) is 0 Å². The molecule has 4 heterocycles. The van der Waals surface area contributed by atoms with E-state index in [0.717, 1.165) is 25.7 Å². The molecule has 0 spiro atoms. The Bertz CT molecular complexity index is 2130. The molecular weight excluding hydrogens is 989 g/mol. The van der Waals surface area contributed by atoms with Crippen molar-refractivity contribution in [2.24, 2.45) is 50.2 Å². The molecule has 428 valence electrons. The molecule has 22 heteroatoms. The second-order valence-corrected chi connectivity index (χ2v) is 25.8. The van der Waals surface area contributed by atoms with Gasteiger partial charge in [-0.2, -0.15) is 0 Å². The van der Waals surface area contributed by atoms with E-state index in [9.17, 15) is 66.1 Å². The van der Waals surface area contributed by atoms with Crippen molar-refractivity contribution in [2.45, 2.75) is 242 Å². The van der Waals surface area contributed by atoms with E-state index in [1.165, 1.54) is 12.5 Å². The Hall–Kier alpha value is -2.04. The molecule has 4 saturated heterocycles. The van der Waals surface area contributed by atoms with Gasteiger partial charge in [0.25, 0.3) is 0 Å². The van der Waals surface area contributed by atoms with Crippen LogP contribution in [0, 0.1) is 50.2 Å². The highest BCUT2D eigenvalue weighted by molar-refractivity contribution is 5.79. The van der Waals surface area contributed by atoms with E-state index >= 15 is 4.79 Å². The van der Waals surface area contributed by atoms with Crippen LogP contribution in [0.3, 0.4) is 0 Å². The lowest BCUT2D eigenvalue weighted by Crippen LogP contribution is -2.67. The molecule has 0 amide bonds. The number of esters is 1. The van der Waals surface area contributed by atoms with Gasteiger partial charge in [0.1, 0.15) is 73.2 Å². The first kappa shape index (κ1) is 57.6. The average Bonchev–Trinajstić information content (AvgIpc) is 3.34. The minimum atomic E-state index is -1.93. The van der Waals surface area contributed by atoms with Gasteiger partial charge in [-0.05, 0) is 116 Å². The van der Waals surface area contributed by atoms with Crippen LogP contribution in [-0.2, 0) is 47.5 Å². The van der Waals surface area contributed by atoms with Gasteiger partial charge in [-0.3, -0.25) is 4.79 Å². The minimum absolute atomic E-state index is 0.0798. The molecule has 5 aliphatic carbocycles. The van der Waals surface area contributed by atoms with Crippen LogP contribution in [0.5, 0.6) is 0 Å². The van der Waals surface area contributed by atoms with Gasteiger partial charge in [0.2, 0.25) is 6.29 Å². The molecule has 27 unspecified atom stereocenters. The number of allylic oxidation sites excluding steroid dienone is 2. The van der Waals surface area contributed by atoms with Crippen LogP contribution >= 0.6 is 0 Å². The number of hydrogen-bond acceptors (Lipinski definition) is 21. The summed E-state index contributed by atoms with van der Waals surface area (Å²) < 4.78 is 47.4. The van der Waals surface area contributed by atoms with Crippen LogP contribution in [0.2, 0.25) is 0 Å². The van der Waals surface area contributed by atoms with Crippen LogP contribution < -0.4 is 0 Å². The topological polar surface area (TPSA) is 351 Å². The number of aliphatic hydroxyl groups excluding tert-OH is 11. The van der Waals surface area contributed by atoms with E-state index in [-0.39, 0.29) is 39.4 Å². The number of carbonyl (C=O) groups is 2. The summed E-state index contributed by atoms with van der Waals surface area (Å²) in [6, 6.07) is 0. The fraction of sp³-hybridized carbons (Fsp3) is 0.925. The zero-order chi connectivity index (χ0) is 54.9. The van der Waals surface area contributed by atoms with Crippen molar-refractivity contribution in [3.8, 4) is 0 Å². The molecule has 8 fully saturated rings. The lowest BCUT2D eigenvalue weighted by molar-refractivity contribution is -0.363.